The molecule has 0 aromatic heterocycles. The molecule has 1 heterocycles. The van der Waals surface area contributed by atoms with Crippen molar-refractivity contribution in [3.05, 3.63) is 0 Å². The molecule has 3 heteroatoms. The van der Waals surface area contributed by atoms with E-state index in [1.54, 1.807) is 0 Å². The second-order valence-electron chi connectivity index (χ2n) is 3.14. The van der Waals surface area contributed by atoms with Gasteiger partial charge in [-0.05, 0) is 19.5 Å². The minimum absolute atomic E-state index is 0.377. The van der Waals surface area contributed by atoms with Crippen LogP contribution in [0.3, 0.4) is 0 Å². The minimum Gasteiger partial charge on any atom is -0.371 e. The zero-order valence-electron chi connectivity index (χ0n) is 6.67. The molecule has 0 amide bonds. The molecule has 2 atom stereocenters. The Kier molecular flexibility index (Phi) is 2.54. The second-order valence-corrected chi connectivity index (χ2v) is 6.43. The predicted molar refractivity (Wildman–Crippen MR) is 43.0 cm³/mol. The Balaban J connectivity index is 2.38. The average Bonchev–Trinajstić information content (AvgIpc) is 1.88. The van der Waals surface area contributed by atoms with Crippen LogP contribution in [0.25, 0.3) is 0 Å². The van der Waals surface area contributed by atoms with Crippen molar-refractivity contribution in [3.8, 4) is 0 Å². The van der Waals surface area contributed by atoms with E-state index in [0.717, 1.165) is 19.0 Å². The average molecular weight is 162 g/mol. The first-order chi connectivity index (χ1) is 4.64. The molecule has 2 unspecified atom stereocenters. The quantitative estimate of drug-likeness (QED) is 0.552. The molecule has 60 valence electrons. The van der Waals surface area contributed by atoms with Crippen molar-refractivity contribution >= 4 is 7.14 Å². The maximum Gasteiger partial charge on any atom is 0.109 e. The van der Waals surface area contributed by atoms with Crippen LogP contribution in [0.2, 0.25) is 0 Å². The van der Waals surface area contributed by atoms with E-state index in [2.05, 4.69) is 6.92 Å². The lowest BCUT2D eigenvalue weighted by atomic mass is 10.2. The van der Waals surface area contributed by atoms with Gasteiger partial charge in [-0.3, -0.25) is 0 Å². The molecule has 0 radical (unpaired) electrons. The molecule has 0 saturated carbocycles. The number of rotatable bonds is 1. The molecule has 0 bridgehead atoms. The molecule has 0 N–H and O–H groups in total. The van der Waals surface area contributed by atoms with Gasteiger partial charge in [0.05, 0.1) is 12.5 Å². The van der Waals surface area contributed by atoms with Crippen LogP contribution in [-0.2, 0) is 9.30 Å². The largest absolute Gasteiger partial charge is 0.371 e. The SMILES string of the molecule is CCC1CCP(C)(=O)CO1. The van der Waals surface area contributed by atoms with E-state index in [1.807, 2.05) is 6.66 Å². The minimum atomic E-state index is -1.86. The van der Waals surface area contributed by atoms with E-state index in [0.29, 0.717) is 12.5 Å². The Bertz CT molecular complexity index is 144. The van der Waals surface area contributed by atoms with Gasteiger partial charge in [-0.2, -0.15) is 0 Å². The molecule has 1 saturated heterocycles. The third kappa shape index (κ3) is 2.10. The monoisotopic (exact) mass is 162 g/mol. The maximum absolute atomic E-state index is 11.4. The lowest BCUT2D eigenvalue weighted by Gasteiger charge is -2.26. The number of ether oxygens (including phenoxy) is 1. The zero-order chi connectivity index (χ0) is 7.61. The van der Waals surface area contributed by atoms with E-state index in [4.69, 9.17) is 4.74 Å². The molecular formula is C7H15O2P. The van der Waals surface area contributed by atoms with E-state index in [-0.39, 0.29) is 0 Å². The summed E-state index contributed by atoms with van der Waals surface area (Å²) in [7, 11) is -1.86. The van der Waals surface area contributed by atoms with Gasteiger partial charge >= 0.3 is 0 Å². The van der Waals surface area contributed by atoms with E-state index >= 15 is 0 Å². The van der Waals surface area contributed by atoms with Gasteiger partial charge in [-0.15, -0.1) is 0 Å². The molecule has 0 aliphatic carbocycles. The van der Waals surface area contributed by atoms with Crippen LogP contribution in [0.4, 0.5) is 0 Å². The molecule has 1 aliphatic rings. The van der Waals surface area contributed by atoms with Crippen LogP contribution in [0.15, 0.2) is 0 Å². The predicted octanol–water partition coefficient (Wildman–Crippen LogP) is 2.14. The summed E-state index contributed by atoms with van der Waals surface area (Å²) < 4.78 is 16.7. The first kappa shape index (κ1) is 8.29. The van der Waals surface area contributed by atoms with Crippen molar-refractivity contribution in [3.63, 3.8) is 0 Å². The highest BCUT2D eigenvalue weighted by Crippen LogP contribution is 2.45. The van der Waals surface area contributed by atoms with Crippen molar-refractivity contribution in [2.24, 2.45) is 0 Å². The molecule has 1 fully saturated rings. The molecule has 10 heavy (non-hydrogen) atoms. The Morgan fingerprint density at radius 2 is 2.40 bits per heavy atom. The molecule has 1 rings (SSSR count). The molecular weight excluding hydrogens is 147 g/mol. The van der Waals surface area contributed by atoms with E-state index in [1.165, 1.54) is 0 Å². The lowest BCUT2D eigenvalue weighted by Crippen LogP contribution is -2.20. The number of hydrogen-bond donors (Lipinski definition) is 0. The fourth-order valence-electron chi connectivity index (χ4n) is 1.15. The van der Waals surface area contributed by atoms with Crippen LogP contribution in [0, 0.1) is 0 Å². The van der Waals surface area contributed by atoms with Crippen LogP contribution in [0.1, 0.15) is 19.8 Å². The van der Waals surface area contributed by atoms with Gasteiger partial charge in [0.15, 0.2) is 0 Å². The van der Waals surface area contributed by atoms with Crippen LogP contribution < -0.4 is 0 Å². The number of hydrogen-bond acceptors (Lipinski definition) is 2. The third-order valence-electron chi connectivity index (χ3n) is 1.96. The van der Waals surface area contributed by atoms with Gasteiger partial charge in [0.25, 0.3) is 0 Å². The normalized spacial score (nSPS) is 41.6. The standard InChI is InChI=1S/C7H15O2P/c1-3-7-4-5-10(2,8)6-9-7/h7H,3-6H2,1-2H3. The Hall–Kier alpha value is 0.190. The van der Waals surface area contributed by atoms with Gasteiger partial charge in [0, 0.05) is 6.16 Å². The van der Waals surface area contributed by atoms with Crippen molar-refractivity contribution in [2.75, 3.05) is 19.2 Å². The molecule has 2 nitrogen and oxygen atoms in total. The van der Waals surface area contributed by atoms with Gasteiger partial charge in [0.2, 0.25) is 0 Å². The molecule has 0 spiro atoms. The highest BCUT2D eigenvalue weighted by Gasteiger charge is 2.24. The topological polar surface area (TPSA) is 26.3 Å². The van der Waals surface area contributed by atoms with Gasteiger partial charge < -0.3 is 9.30 Å². The summed E-state index contributed by atoms with van der Waals surface area (Å²) in [5.41, 5.74) is 0. The van der Waals surface area contributed by atoms with Crippen LogP contribution in [0.5, 0.6) is 0 Å². The van der Waals surface area contributed by atoms with Gasteiger partial charge in [-0.1, -0.05) is 6.92 Å². The Morgan fingerprint density at radius 1 is 1.70 bits per heavy atom. The Morgan fingerprint density at radius 3 is 2.80 bits per heavy atom. The molecule has 1 aliphatic heterocycles. The van der Waals surface area contributed by atoms with Gasteiger partial charge in [0.1, 0.15) is 7.14 Å². The van der Waals surface area contributed by atoms with Crippen molar-refractivity contribution in [1.82, 2.24) is 0 Å². The van der Waals surface area contributed by atoms with E-state index < -0.39 is 7.14 Å². The third-order valence-corrected chi connectivity index (χ3v) is 3.86. The first-order valence-corrected chi connectivity index (χ1v) is 6.33. The van der Waals surface area contributed by atoms with Crippen molar-refractivity contribution in [2.45, 2.75) is 25.9 Å². The maximum atomic E-state index is 11.4. The highest BCUT2D eigenvalue weighted by atomic mass is 31.2. The summed E-state index contributed by atoms with van der Waals surface area (Å²) >= 11 is 0. The molecule has 0 aromatic carbocycles. The Labute approximate surface area is 62.3 Å². The summed E-state index contributed by atoms with van der Waals surface area (Å²) in [4.78, 5) is 0. The summed E-state index contributed by atoms with van der Waals surface area (Å²) in [6.45, 7) is 3.94. The van der Waals surface area contributed by atoms with Crippen LogP contribution >= 0.6 is 7.14 Å². The highest BCUT2D eigenvalue weighted by molar-refractivity contribution is 7.63. The lowest BCUT2D eigenvalue weighted by molar-refractivity contribution is 0.0706. The summed E-state index contributed by atoms with van der Waals surface area (Å²) in [5, 5.41) is 0. The first-order valence-electron chi connectivity index (χ1n) is 3.81. The van der Waals surface area contributed by atoms with Gasteiger partial charge in [-0.25, -0.2) is 0 Å². The fraction of sp³-hybridized carbons (Fsp3) is 1.00. The summed E-state index contributed by atoms with van der Waals surface area (Å²) in [6.07, 6.45) is 3.81. The smallest absolute Gasteiger partial charge is 0.109 e. The van der Waals surface area contributed by atoms with Crippen LogP contribution in [-0.4, -0.2) is 25.3 Å². The van der Waals surface area contributed by atoms with Crippen molar-refractivity contribution < 1.29 is 9.30 Å². The summed E-state index contributed by atoms with van der Waals surface area (Å²) in [6, 6.07) is 0. The fourth-order valence-corrected chi connectivity index (χ4v) is 2.64. The molecule has 0 aromatic rings. The second kappa shape index (κ2) is 3.06. The summed E-state index contributed by atoms with van der Waals surface area (Å²) in [5.74, 6) is 0. The zero-order valence-corrected chi connectivity index (χ0v) is 7.56. The van der Waals surface area contributed by atoms with Crippen molar-refractivity contribution in [1.29, 1.82) is 0 Å². The van der Waals surface area contributed by atoms with E-state index in [9.17, 15) is 4.57 Å².